The monoisotopic (exact) mass is 384 g/mol. The number of fused-ring (bicyclic) bond motifs is 1. The number of rotatable bonds is 3. The highest BCUT2D eigenvalue weighted by atomic mass is 35.5. The Balaban J connectivity index is 2.03. The minimum Gasteiger partial charge on any atom is -0.459 e. The zero-order valence-electron chi connectivity index (χ0n) is 13.8. The summed E-state index contributed by atoms with van der Waals surface area (Å²) in [5.74, 6) is -2.61. The average Bonchev–Trinajstić information content (AvgIpc) is 2.80. The summed E-state index contributed by atoms with van der Waals surface area (Å²) < 4.78 is 24.2. The first-order valence-corrected chi connectivity index (χ1v) is 8.14. The number of amides is 4. The lowest BCUT2D eigenvalue weighted by Crippen LogP contribution is -2.45. The van der Waals surface area contributed by atoms with Crippen molar-refractivity contribution in [3.05, 3.63) is 28.5 Å². The highest BCUT2D eigenvalue weighted by Gasteiger charge is 2.52. The van der Waals surface area contributed by atoms with Crippen molar-refractivity contribution < 1.29 is 33.0 Å². The van der Waals surface area contributed by atoms with Crippen LogP contribution in [0.25, 0.3) is 0 Å². The molecule has 8 nitrogen and oxygen atoms in total. The lowest BCUT2D eigenvalue weighted by Gasteiger charge is -2.23. The number of cyclic esters (lactones) is 1. The smallest absolute Gasteiger partial charge is 0.418 e. The third-order valence-electron chi connectivity index (χ3n) is 3.87. The lowest BCUT2D eigenvalue weighted by atomic mass is 10.1. The molecular weight excluding hydrogens is 371 g/mol. The number of benzene rings is 1. The molecule has 2 aliphatic rings. The summed E-state index contributed by atoms with van der Waals surface area (Å²) in [6.07, 6.45) is -1.33. The Kier molecular flexibility index (Phi) is 4.57. The topological polar surface area (TPSA) is 93.2 Å². The lowest BCUT2D eigenvalue weighted by molar-refractivity contribution is -0.120. The van der Waals surface area contributed by atoms with Crippen LogP contribution in [-0.4, -0.2) is 47.7 Å². The summed E-state index contributed by atoms with van der Waals surface area (Å²) in [7, 11) is 0. The molecule has 1 aromatic carbocycles. The van der Waals surface area contributed by atoms with Crippen LogP contribution in [0.15, 0.2) is 12.1 Å². The predicted octanol–water partition coefficient (Wildman–Crippen LogP) is 2.72. The van der Waals surface area contributed by atoms with Crippen molar-refractivity contribution in [2.45, 2.75) is 32.4 Å². The summed E-state index contributed by atoms with van der Waals surface area (Å²) in [5.41, 5.74) is -0.688. The van der Waals surface area contributed by atoms with Gasteiger partial charge in [-0.25, -0.2) is 28.6 Å². The molecule has 2 fully saturated rings. The summed E-state index contributed by atoms with van der Waals surface area (Å²) >= 11 is 5.89. The fraction of sp³-hybridized carbons (Fsp3) is 0.375. The van der Waals surface area contributed by atoms with E-state index in [1.807, 2.05) is 0 Å². The van der Waals surface area contributed by atoms with Crippen molar-refractivity contribution in [3.63, 3.8) is 0 Å². The SMILES string of the molecule is CC(C)OC(=O)c1cc(N2C(=O)C3CCOC(=O)N3C2=O)c(F)cc1Cl. The number of halogens is 2. The molecule has 1 aromatic rings. The molecule has 0 aromatic heterocycles. The van der Waals surface area contributed by atoms with Gasteiger partial charge in [0.1, 0.15) is 11.9 Å². The third-order valence-corrected chi connectivity index (χ3v) is 4.18. The van der Waals surface area contributed by atoms with Gasteiger partial charge in [-0.05, 0) is 26.0 Å². The van der Waals surface area contributed by atoms with Crippen LogP contribution in [0.2, 0.25) is 5.02 Å². The van der Waals surface area contributed by atoms with Crippen molar-refractivity contribution in [3.8, 4) is 0 Å². The van der Waals surface area contributed by atoms with E-state index >= 15 is 0 Å². The van der Waals surface area contributed by atoms with Gasteiger partial charge in [-0.3, -0.25) is 4.79 Å². The van der Waals surface area contributed by atoms with Gasteiger partial charge in [0.2, 0.25) is 0 Å². The minimum atomic E-state index is -1.06. The molecular formula is C16H14ClFN2O6. The maximum atomic E-state index is 14.4. The zero-order valence-corrected chi connectivity index (χ0v) is 14.6. The maximum Gasteiger partial charge on any atom is 0.418 e. The van der Waals surface area contributed by atoms with E-state index in [-0.39, 0.29) is 23.6 Å². The van der Waals surface area contributed by atoms with Crippen molar-refractivity contribution in [2.24, 2.45) is 0 Å². The molecule has 3 rings (SSSR count). The summed E-state index contributed by atoms with van der Waals surface area (Å²) in [6.45, 7) is 3.21. The fourth-order valence-corrected chi connectivity index (χ4v) is 2.97. The molecule has 2 saturated heterocycles. The van der Waals surface area contributed by atoms with Gasteiger partial charge in [0.25, 0.3) is 5.91 Å². The highest BCUT2D eigenvalue weighted by Crippen LogP contribution is 2.34. The van der Waals surface area contributed by atoms with E-state index in [9.17, 15) is 23.6 Å². The first-order valence-electron chi connectivity index (χ1n) is 7.76. The molecule has 0 bridgehead atoms. The number of imide groups is 2. The number of carbonyl (C=O) groups is 4. The molecule has 0 spiro atoms. The number of hydrogen-bond donors (Lipinski definition) is 0. The van der Waals surface area contributed by atoms with Crippen molar-refractivity contribution in [1.82, 2.24) is 4.90 Å². The molecule has 1 unspecified atom stereocenters. The van der Waals surface area contributed by atoms with Gasteiger partial charge < -0.3 is 9.47 Å². The summed E-state index contributed by atoms with van der Waals surface area (Å²) in [5, 5.41) is -0.229. The molecule has 26 heavy (non-hydrogen) atoms. The van der Waals surface area contributed by atoms with Crippen LogP contribution >= 0.6 is 11.6 Å². The molecule has 2 heterocycles. The van der Waals surface area contributed by atoms with E-state index in [0.717, 1.165) is 12.1 Å². The molecule has 1 atom stereocenters. The zero-order chi connectivity index (χ0) is 19.2. The van der Waals surface area contributed by atoms with Gasteiger partial charge in [0.05, 0.1) is 29.0 Å². The first kappa shape index (κ1) is 18.1. The van der Waals surface area contributed by atoms with E-state index in [1.165, 1.54) is 0 Å². The second-order valence-corrected chi connectivity index (χ2v) is 6.39. The largest absolute Gasteiger partial charge is 0.459 e. The maximum absolute atomic E-state index is 14.4. The Bertz CT molecular complexity index is 827. The van der Waals surface area contributed by atoms with Crippen molar-refractivity contribution in [2.75, 3.05) is 11.5 Å². The van der Waals surface area contributed by atoms with Gasteiger partial charge in [-0.2, -0.15) is 0 Å². The van der Waals surface area contributed by atoms with Crippen molar-refractivity contribution >= 4 is 41.3 Å². The van der Waals surface area contributed by atoms with E-state index in [4.69, 9.17) is 21.1 Å². The Hall–Kier alpha value is -2.68. The molecule has 0 aliphatic carbocycles. The predicted molar refractivity (Wildman–Crippen MR) is 86.4 cm³/mol. The molecule has 2 aliphatic heterocycles. The second-order valence-electron chi connectivity index (χ2n) is 5.98. The van der Waals surface area contributed by atoms with Gasteiger partial charge in [0.15, 0.2) is 0 Å². The van der Waals surface area contributed by atoms with Crippen LogP contribution < -0.4 is 4.90 Å². The average molecular weight is 385 g/mol. The minimum absolute atomic E-state index is 0.0259. The van der Waals surface area contributed by atoms with E-state index in [0.29, 0.717) is 9.80 Å². The molecule has 4 amide bonds. The number of carbonyl (C=O) groups excluding carboxylic acids is 4. The van der Waals surface area contributed by atoms with Gasteiger partial charge in [-0.15, -0.1) is 0 Å². The van der Waals surface area contributed by atoms with Crippen molar-refractivity contribution in [1.29, 1.82) is 0 Å². The molecule has 10 heteroatoms. The molecule has 0 radical (unpaired) electrons. The first-order chi connectivity index (χ1) is 12.2. The third kappa shape index (κ3) is 2.88. The summed E-state index contributed by atoms with van der Waals surface area (Å²) in [4.78, 5) is 50.0. The number of esters is 1. The van der Waals surface area contributed by atoms with E-state index in [2.05, 4.69) is 0 Å². The normalized spacial score (nSPS) is 19.7. The Morgan fingerprint density at radius 1 is 1.35 bits per heavy atom. The van der Waals surface area contributed by atoms with Crippen LogP contribution in [0, 0.1) is 5.82 Å². The number of anilines is 1. The van der Waals surface area contributed by atoms with Crippen LogP contribution in [0.3, 0.4) is 0 Å². The molecule has 138 valence electrons. The second kappa shape index (κ2) is 6.56. The van der Waals surface area contributed by atoms with Gasteiger partial charge in [0, 0.05) is 6.42 Å². The van der Waals surface area contributed by atoms with E-state index < -0.39 is 47.7 Å². The Morgan fingerprint density at radius 3 is 2.65 bits per heavy atom. The van der Waals surface area contributed by atoms with Crippen LogP contribution in [0.1, 0.15) is 30.6 Å². The number of nitrogens with zero attached hydrogens (tertiary/aromatic N) is 2. The molecule has 0 N–H and O–H groups in total. The van der Waals surface area contributed by atoms with Crippen LogP contribution in [0.5, 0.6) is 0 Å². The molecule has 0 saturated carbocycles. The fourth-order valence-electron chi connectivity index (χ4n) is 2.74. The van der Waals surface area contributed by atoms with Crippen LogP contribution in [-0.2, 0) is 14.3 Å². The standard InChI is InChI=1S/C16H14ClFN2O6/c1-7(2)26-14(22)8-5-12(10(18)6-9(8)17)19-13(21)11-3-4-25-16(24)20(11)15(19)23/h5-7,11H,3-4H2,1-2H3. The summed E-state index contributed by atoms with van der Waals surface area (Å²) in [6, 6.07) is -0.342. The van der Waals surface area contributed by atoms with Gasteiger partial charge >= 0.3 is 18.1 Å². The van der Waals surface area contributed by atoms with Gasteiger partial charge in [-0.1, -0.05) is 11.6 Å². The number of ether oxygens (including phenoxy) is 2. The Labute approximate surface area is 152 Å². The highest BCUT2D eigenvalue weighted by molar-refractivity contribution is 6.34. The Morgan fingerprint density at radius 2 is 2.04 bits per heavy atom. The van der Waals surface area contributed by atoms with Crippen LogP contribution in [0.4, 0.5) is 19.7 Å². The van der Waals surface area contributed by atoms with E-state index in [1.54, 1.807) is 13.8 Å². The quantitative estimate of drug-likeness (QED) is 0.587. The number of hydrogen-bond acceptors (Lipinski definition) is 6. The number of urea groups is 1.